The maximum atomic E-state index is 11.4. The number of alkyl halides is 1. The summed E-state index contributed by atoms with van der Waals surface area (Å²) in [7, 11) is 0. The Morgan fingerprint density at radius 3 is 2.77 bits per heavy atom. The number of hydrogen-bond donors (Lipinski definition) is 1. The molecule has 0 spiro atoms. The Hall–Kier alpha value is 0.01000. The van der Waals surface area contributed by atoms with Crippen LogP contribution in [0.3, 0.4) is 0 Å². The monoisotopic (exact) mass is 278 g/mol. The molecule has 1 rings (SSSR count). The molecule has 0 bridgehead atoms. The molecule has 0 N–H and O–H groups in total. The fraction of sp³-hybridized carbons (Fsp3) is 0.222. The van der Waals surface area contributed by atoms with Gasteiger partial charge in [0.15, 0.2) is 5.78 Å². The first-order valence-electron chi connectivity index (χ1n) is 3.73. The van der Waals surface area contributed by atoms with Crippen LogP contribution < -0.4 is 0 Å². The third-order valence-electron chi connectivity index (χ3n) is 1.59. The zero-order chi connectivity index (χ0) is 9.84. The van der Waals surface area contributed by atoms with Crippen LogP contribution in [0.4, 0.5) is 0 Å². The molecule has 13 heavy (non-hydrogen) atoms. The molecule has 0 aliphatic heterocycles. The molecule has 0 saturated carbocycles. The molecule has 1 aromatic carbocycles. The number of benzene rings is 1. The molecule has 4 heteroatoms. The molecule has 1 aromatic rings. The van der Waals surface area contributed by atoms with Crippen LogP contribution in [0.2, 0.25) is 5.02 Å². The van der Waals surface area contributed by atoms with E-state index in [2.05, 4.69) is 28.6 Å². The van der Waals surface area contributed by atoms with Crippen molar-refractivity contribution in [3.8, 4) is 0 Å². The first-order valence-corrected chi connectivity index (χ1v) is 5.67. The molecule has 0 aliphatic rings. The van der Waals surface area contributed by atoms with E-state index in [4.69, 9.17) is 11.6 Å². The largest absolute Gasteiger partial charge is 0.294 e. The summed E-state index contributed by atoms with van der Waals surface area (Å²) in [6, 6.07) is 5.09. The zero-order valence-corrected chi connectivity index (χ0v) is 9.99. The van der Waals surface area contributed by atoms with E-state index in [1.807, 2.05) is 0 Å². The lowest BCUT2D eigenvalue weighted by Crippen LogP contribution is -1.99. The fourth-order valence-electron chi connectivity index (χ4n) is 0.916. The molecule has 0 aromatic heterocycles. The van der Waals surface area contributed by atoms with Crippen LogP contribution in [0.25, 0.3) is 0 Å². The zero-order valence-electron chi connectivity index (χ0n) is 6.76. The third kappa shape index (κ3) is 3.01. The second-order valence-corrected chi connectivity index (χ2v) is 4.21. The first-order chi connectivity index (χ1) is 6.15. The Morgan fingerprint density at radius 2 is 2.23 bits per heavy atom. The summed E-state index contributed by atoms with van der Waals surface area (Å²) >= 11 is 13.1. The lowest BCUT2D eigenvalue weighted by Gasteiger charge is -2.01. The van der Waals surface area contributed by atoms with Gasteiger partial charge >= 0.3 is 0 Å². The van der Waals surface area contributed by atoms with E-state index in [0.29, 0.717) is 27.2 Å². The van der Waals surface area contributed by atoms with Gasteiger partial charge in [-0.1, -0.05) is 27.5 Å². The summed E-state index contributed by atoms with van der Waals surface area (Å²) in [5.74, 6) is 0.101. The second kappa shape index (κ2) is 5.03. The highest BCUT2D eigenvalue weighted by molar-refractivity contribution is 9.09. The Labute approximate surface area is 96.0 Å². The average Bonchev–Trinajstić information content (AvgIpc) is 2.10. The van der Waals surface area contributed by atoms with Gasteiger partial charge in [0, 0.05) is 22.2 Å². The standard InChI is InChI=1S/C9H8BrClOS/c10-4-3-8(12)6-1-2-7(11)9(13)5-6/h1-2,5,13H,3-4H2. The number of halogens is 2. The van der Waals surface area contributed by atoms with Gasteiger partial charge in [-0.2, -0.15) is 0 Å². The molecule has 1 nitrogen and oxygen atoms in total. The van der Waals surface area contributed by atoms with E-state index < -0.39 is 0 Å². The number of hydrogen-bond acceptors (Lipinski definition) is 2. The number of carbonyl (C=O) groups excluding carboxylic acids is 1. The number of ketones is 1. The van der Waals surface area contributed by atoms with Crippen LogP contribution in [0.15, 0.2) is 23.1 Å². The quantitative estimate of drug-likeness (QED) is 0.508. The van der Waals surface area contributed by atoms with Crippen LogP contribution in [-0.4, -0.2) is 11.1 Å². The van der Waals surface area contributed by atoms with Crippen molar-refractivity contribution < 1.29 is 4.79 Å². The first kappa shape index (κ1) is 11.1. The fourth-order valence-corrected chi connectivity index (χ4v) is 1.61. The molecular weight excluding hydrogens is 272 g/mol. The van der Waals surface area contributed by atoms with E-state index in [-0.39, 0.29) is 5.78 Å². The van der Waals surface area contributed by atoms with Crippen molar-refractivity contribution in [1.29, 1.82) is 0 Å². The van der Waals surface area contributed by atoms with Gasteiger partial charge in [0.25, 0.3) is 0 Å². The Morgan fingerprint density at radius 1 is 1.54 bits per heavy atom. The van der Waals surface area contributed by atoms with E-state index in [1.165, 1.54) is 0 Å². The summed E-state index contributed by atoms with van der Waals surface area (Å²) in [5.41, 5.74) is 0.661. The summed E-state index contributed by atoms with van der Waals surface area (Å²) in [6.07, 6.45) is 0.495. The van der Waals surface area contributed by atoms with Crippen molar-refractivity contribution in [2.24, 2.45) is 0 Å². The number of thiol groups is 1. The van der Waals surface area contributed by atoms with Gasteiger partial charge in [-0.3, -0.25) is 4.79 Å². The summed E-state index contributed by atoms with van der Waals surface area (Å²) in [5, 5.41) is 1.25. The van der Waals surface area contributed by atoms with Gasteiger partial charge in [0.1, 0.15) is 0 Å². The highest BCUT2D eigenvalue weighted by Crippen LogP contribution is 2.21. The van der Waals surface area contributed by atoms with Gasteiger partial charge in [0.05, 0.1) is 5.02 Å². The molecule has 0 saturated heterocycles. The molecule has 0 amide bonds. The van der Waals surface area contributed by atoms with Crippen molar-refractivity contribution in [2.75, 3.05) is 5.33 Å². The van der Waals surface area contributed by atoms with Crippen molar-refractivity contribution in [2.45, 2.75) is 11.3 Å². The summed E-state index contributed by atoms with van der Waals surface area (Å²) in [6.45, 7) is 0. The van der Waals surface area contributed by atoms with Crippen LogP contribution >= 0.6 is 40.2 Å². The number of carbonyl (C=O) groups is 1. The van der Waals surface area contributed by atoms with E-state index >= 15 is 0 Å². The maximum Gasteiger partial charge on any atom is 0.163 e. The van der Waals surface area contributed by atoms with Gasteiger partial charge in [0.2, 0.25) is 0 Å². The van der Waals surface area contributed by atoms with Gasteiger partial charge in [-0.15, -0.1) is 12.6 Å². The molecule has 0 radical (unpaired) electrons. The van der Waals surface area contributed by atoms with Crippen LogP contribution in [0, 0.1) is 0 Å². The molecule has 70 valence electrons. The molecule has 0 aliphatic carbocycles. The lowest BCUT2D eigenvalue weighted by atomic mass is 10.1. The topological polar surface area (TPSA) is 17.1 Å². The lowest BCUT2D eigenvalue weighted by molar-refractivity contribution is 0.0989. The predicted molar refractivity (Wildman–Crippen MR) is 61.4 cm³/mol. The molecule has 0 atom stereocenters. The van der Waals surface area contributed by atoms with E-state index in [1.54, 1.807) is 18.2 Å². The predicted octanol–water partition coefficient (Wildman–Crippen LogP) is 3.60. The minimum Gasteiger partial charge on any atom is -0.294 e. The summed E-state index contributed by atoms with van der Waals surface area (Å²) < 4.78 is 0. The third-order valence-corrected chi connectivity index (χ3v) is 2.82. The highest BCUT2D eigenvalue weighted by Gasteiger charge is 2.06. The molecule has 0 fully saturated rings. The Balaban J connectivity index is 2.90. The number of rotatable bonds is 3. The SMILES string of the molecule is O=C(CCBr)c1ccc(Cl)c(S)c1. The minimum atomic E-state index is 0.101. The van der Waals surface area contributed by atoms with Crippen LogP contribution in [-0.2, 0) is 0 Å². The Kier molecular flexibility index (Phi) is 4.29. The molecule has 0 unspecified atom stereocenters. The van der Waals surface area contributed by atoms with Gasteiger partial charge in [-0.25, -0.2) is 0 Å². The van der Waals surface area contributed by atoms with Crippen molar-refractivity contribution >= 4 is 45.9 Å². The van der Waals surface area contributed by atoms with Crippen LogP contribution in [0.1, 0.15) is 16.8 Å². The van der Waals surface area contributed by atoms with Gasteiger partial charge in [-0.05, 0) is 18.2 Å². The second-order valence-electron chi connectivity index (χ2n) is 2.53. The maximum absolute atomic E-state index is 11.4. The van der Waals surface area contributed by atoms with Gasteiger partial charge < -0.3 is 0 Å². The number of Topliss-reactive ketones (excluding diaryl/α,β-unsaturated/α-hetero) is 1. The Bertz CT molecular complexity index is 327. The van der Waals surface area contributed by atoms with Crippen molar-refractivity contribution in [3.05, 3.63) is 28.8 Å². The molecule has 0 heterocycles. The normalized spacial score (nSPS) is 10.1. The van der Waals surface area contributed by atoms with E-state index in [0.717, 1.165) is 0 Å². The van der Waals surface area contributed by atoms with E-state index in [9.17, 15) is 4.79 Å². The summed E-state index contributed by atoms with van der Waals surface area (Å²) in [4.78, 5) is 12.0. The van der Waals surface area contributed by atoms with Crippen molar-refractivity contribution in [3.63, 3.8) is 0 Å². The minimum absolute atomic E-state index is 0.101. The van der Waals surface area contributed by atoms with Crippen molar-refractivity contribution in [1.82, 2.24) is 0 Å². The average molecular weight is 280 g/mol. The molecular formula is C9H8BrClOS. The van der Waals surface area contributed by atoms with Crippen LogP contribution in [0.5, 0.6) is 0 Å². The smallest absolute Gasteiger partial charge is 0.163 e. The highest BCUT2D eigenvalue weighted by atomic mass is 79.9.